The van der Waals surface area contributed by atoms with Crippen molar-refractivity contribution in [2.24, 2.45) is 0 Å². The third kappa shape index (κ3) is 3.04. The average molecular weight is 440 g/mol. The number of fused-ring (bicyclic) bond motifs is 3. The first-order chi connectivity index (χ1) is 15.0. The minimum absolute atomic E-state index is 0.0583. The number of aromatic amines is 1. The van der Waals surface area contributed by atoms with Crippen molar-refractivity contribution in [3.63, 3.8) is 0 Å². The molecule has 1 spiro atoms. The Morgan fingerprint density at radius 3 is 3.03 bits per heavy atom. The number of halogens is 1. The molecule has 0 bridgehead atoms. The van der Waals surface area contributed by atoms with E-state index in [4.69, 9.17) is 16.7 Å². The molecule has 3 aromatic rings. The molecule has 0 aromatic carbocycles. The molecule has 3 aliphatic rings. The monoisotopic (exact) mass is 439 g/mol. The van der Waals surface area contributed by atoms with Crippen molar-refractivity contribution in [2.45, 2.75) is 43.6 Å². The molecular formula is C22H26ClN7O. The molecule has 162 valence electrons. The highest BCUT2D eigenvalue weighted by Crippen LogP contribution is 2.44. The highest BCUT2D eigenvalue weighted by Gasteiger charge is 2.47. The first-order valence-electron chi connectivity index (χ1n) is 10.8. The summed E-state index contributed by atoms with van der Waals surface area (Å²) in [5.74, 6) is 0. The van der Waals surface area contributed by atoms with E-state index in [-0.39, 0.29) is 11.6 Å². The summed E-state index contributed by atoms with van der Waals surface area (Å²) in [4.78, 5) is 11.9. The van der Waals surface area contributed by atoms with Crippen LogP contribution in [0.1, 0.15) is 25.0 Å². The third-order valence-electron chi connectivity index (χ3n) is 7.23. The molecule has 6 rings (SSSR count). The van der Waals surface area contributed by atoms with Crippen LogP contribution >= 0.6 is 11.6 Å². The lowest BCUT2D eigenvalue weighted by Crippen LogP contribution is -2.43. The van der Waals surface area contributed by atoms with Gasteiger partial charge in [0.1, 0.15) is 18.0 Å². The molecule has 0 radical (unpaired) electrons. The Bertz CT molecular complexity index is 1170. The molecule has 3 aliphatic heterocycles. The molecule has 0 amide bonds. The van der Waals surface area contributed by atoms with Crippen molar-refractivity contribution in [3.05, 3.63) is 47.6 Å². The van der Waals surface area contributed by atoms with E-state index in [1.807, 2.05) is 25.6 Å². The molecule has 6 heterocycles. The van der Waals surface area contributed by atoms with E-state index in [1.54, 1.807) is 6.20 Å². The number of hydrogen-bond donors (Lipinski definition) is 3. The van der Waals surface area contributed by atoms with Gasteiger partial charge in [0.25, 0.3) is 0 Å². The lowest BCUT2D eigenvalue weighted by molar-refractivity contribution is -0.00559. The predicted molar refractivity (Wildman–Crippen MR) is 119 cm³/mol. The van der Waals surface area contributed by atoms with Crippen molar-refractivity contribution < 1.29 is 5.11 Å². The summed E-state index contributed by atoms with van der Waals surface area (Å²) in [6.45, 7) is 2.68. The number of aliphatic hydroxyl groups excluding tert-OH is 1. The van der Waals surface area contributed by atoms with Crippen molar-refractivity contribution >= 4 is 22.6 Å². The Hall–Kier alpha value is -2.55. The zero-order valence-electron chi connectivity index (χ0n) is 17.4. The van der Waals surface area contributed by atoms with Gasteiger partial charge in [0.2, 0.25) is 0 Å². The SMILES string of the molecule is CN1C=CNC1CC(O)N1CCC2(CCn3nc(-c4cnc5[nH]cc(Cl)c5c4)cc32)C1. The highest BCUT2D eigenvalue weighted by atomic mass is 35.5. The van der Waals surface area contributed by atoms with Crippen LogP contribution in [-0.2, 0) is 12.0 Å². The van der Waals surface area contributed by atoms with E-state index >= 15 is 0 Å². The number of aryl methyl sites for hydroxylation is 1. The Labute approximate surface area is 185 Å². The zero-order chi connectivity index (χ0) is 21.2. The second-order valence-electron chi connectivity index (χ2n) is 9.03. The van der Waals surface area contributed by atoms with Gasteiger partial charge in [0, 0.05) is 80.0 Å². The number of H-pyrrole nitrogens is 1. The van der Waals surface area contributed by atoms with Crippen molar-refractivity contribution in [3.8, 4) is 11.3 Å². The Morgan fingerprint density at radius 2 is 2.19 bits per heavy atom. The predicted octanol–water partition coefficient (Wildman–Crippen LogP) is 2.47. The van der Waals surface area contributed by atoms with Gasteiger partial charge in [-0.3, -0.25) is 9.58 Å². The maximum Gasteiger partial charge on any atom is 0.138 e. The third-order valence-corrected chi connectivity index (χ3v) is 7.54. The number of aliphatic hydroxyl groups is 1. The van der Waals surface area contributed by atoms with Gasteiger partial charge in [-0.15, -0.1) is 0 Å². The van der Waals surface area contributed by atoms with E-state index in [0.29, 0.717) is 11.4 Å². The number of aromatic nitrogens is 4. The quantitative estimate of drug-likeness (QED) is 0.579. The molecule has 3 aromatic heterocycles. The molecule has 9 heteroatoms. The van der Waals surface area contributed by atoms with Gasteiger partial charge in [-0.25, -0.2) is 4.98 Å². The standard InChI is InChI=1S/C22H26ClN7O/c1-28-7-4-24-19(28)10-20(31)29-5-2-22(13-29)3-6-30-18(22)9-17(27-30)14-8-15-16(23)12-26-21(15)25-11-14/h4,7-9,11-12,19-20,24,31H,2-3,5-6,10,13H2,1H3,(H,25,26). The summed E-state index contributed by atoms with van der Waals surface area (Å²) in [5.41, 5.74) is 4.03. The topological polar surface area (TPSA) is 85.2 Å². The van der Waals surface area contributed by atoms with E-state index in [0.717, 1.165) is 54.8 Å². The molecule has 3 atom stereocenters. The molecule has 0 aliphatic carbocycles. The van der Waals surface area contributed by atoms with Gasteiger partial charge in [0.15, 0.2) is 0 Å². The van der Waals surface area contributed by atoms with Crippen molar-refractivity contribution in [1.82, 2.24) is 34.9 Å². The summed E-state index contributed by atoms with van der Waals surface area (Å²) >= 11 is 6.28. The zero-order valence-corrected chi connectivity index (χ0v) is 18.2. The molecular weight excluding hydrogens is 414 g/mol. The second-order valence-corrected chi connectivity index (χ2v) is 9.43. The number of nitrogens with one attached hydrogen (secondary N) is 2. The fourth-order valence-electron chi connectivity index (χ4n) is 5.36. The van der Waals surface area contributed by atoms with Gasteiger partial charge in [-0.05, 0) is 25.0 Å². The van der Waals surface area contributed by atoms with Crippen LogP contribution in [0.25, 0.3) is 22.3 Å². The second kappa shape index (κ2) is 6.98. The molecule has 31 heavy (non-hydrogen) atoms. The number of pyridine rings is 1. The Morgan fingerprint density at radius 1 is 1.32 bits per heavy atom. The van der Waals surface area contributed by atoms with Gasteiger partial charge >= 0.3 is 0 Å². The molecule has 3 N–H and O–H groups in total. The summed E-state index contributed by atoms with van der Waals surface area (Å²) in [6.07, 6.45) is 10.0. The highest BCUT2D eigenvalue weighted by molar-refractivity contribution is 6.35. The normalized spacial score (nSPS) is 26.3. The molecule has 3 unspecified atom stereocenters. The summed E-state index contributed by atoms with van der Waals surface area (Å²) in [6, 6.07) is 4.26. The van der Waals surface area contributed by atoms with Crippen LogP contribution in [0.3, 0.4) is 0 Å². The number of rotatable bonds is 4. The lowest BCUT2D eigenvalue weighted by Gasteiger charge is -2.30. The van der Waals surface area contributed by atoms with Crippen LogP contribution in [0.15, 0.2) is 36.9 Å². The van der Waals surface area contributed by atoms with Gasteiger partial charge < -0.3 is 20.3 Å². The molecule has 1 fully saturated rings. The minimum Gasteiger partial charge on any atom is -0.378 e. The fourth-order valence-corrected chi connectivity index (χ4v) is 5.56. The maximum absolute atomic E-state index is 10.9. The smallest absolute Gasteiger partial charge is 0.138 e. The van der Waals surface area contributed by atoms with Crippen LogP contribution in [0.5, 0.6) is 0 Å². The van der Waals surface area contributed by atoms with Crippen LogP contribution in [0.2, 0.25) is 5.02 Å². The molecule has 0 saturated carbocycles. The van der Waals surface area contributed by atoms with E-state index in [1.165, 1.54) is 5.69 Å². The van der Waals surface area contributed by atoms with Crippen LogP contribution in [0.4, 0.5) is 0 Å². The Kier molecular flexibility index (Phi) is 4.31. The molecule has 1 saturated heterocycles. The Balaban J connectivity index is 1.23. The minimum atomic E-state index is -0.460. The maximum atomic E-state index is 10.9. The first kappa shape index (κ1) is 19.2. The van der Waals surface area contributed by atoms with Crippen LogP contribution in [0, 0.1) is 0 Å². The summed E-state index contributed by atoms with van der Waals surface area (Å²) < 4.78 is 2.14. The van der Waals surface area contributed by atoms with Gasteiger partial charge in [-0.1, -0.05) is 11.6 Å². The number of nitrogens with zero attached hydrogens (tertiary/aromatic N) is 5. The van der Waals surface area contributed by atoms with Gasteiger partial charge in [0.05, 0.1) is 10.7 Å². The largest absolute Gasteiger partial charge is 0.378 e. The van der Waals surface area contributed by atoms with Crippen LogP contribution in [-0.4, -0.2) is 67.2 Å². The van der Waals surface area contributed by atoms with E-state index < -0.39 is 6.23 Å². The lowest BCUT2D eigenvalue weighted by atomic mass is 9.82. The van der Waals surface area contributed by atoms with Gasteiger partial charge in [-0.2, -0.15) is 5.10 Å². The van der Waals surface area contributed by atoms with Crippen molar-refractivity contribution in [2.75, 3.05) is 20.1 Å². The van der Waals surface area contributed by atoms with Crippen molar-refractivity contribution in [1.29, 1.82) is 0 Å². The summed E-state index contributed by atoms with van der Waals surface area (Å²) in [7, 11) is 2.03. The number of hydrogen-bond acceptors (Lipinski definition) is 6. The number of likely N-dealkylation sites (tertiary alicyclic amines) is 1. The first-order valence-corrected chi connectivity index (χ1v) is 11.2. The fraction of sp³-hybridized carbons (Fsp3) is 0.455. The summed E-state index contributed by atoms with van der Waals surface area (Å²) in [5, 5.41) is 20.7. The average Bonchev–Trinajstić information content (AvgIpc) is 3.56. The van der Waals surface area contributed by atoms with Crippen LogP contribution < -0.4 is 5.32 Å². The van der Waals surface area contributed by atoms with E-state index in [9.17, 15) is 5.11 Å². The van der Waals surface area contributed by atoms with E-state index in [2.05, 4.69) is 41.9 Å². The molecule has 8 nitrogen and oxygen atoms in total.